The zero-order valence-electron chi connectivity index (χ0n) is 21.8. The molecule has 1 aromatic heterocycles. The SMILES string of the molecule is COc1ccc(CN2CC3(CC(OC(=O)N4[C@H](C)CN(c5ncc(S(C)(=O)=O)cn5)C[C@@H]4C)C3)C2)cc1. The lowest BCUT2D eigenvalue weighted by Crippen LogP contribution is -2.65. The van der Waals surface area contributed by atoms with Crippen LogP contribution in [0.3, 0.4) is 0 Å². The second-order valence-electron chi connectivity index (χ2n) is 10.9. The lowest BCUT2D eigenvalue weighted by atomic mass is 9.61. The lowest BCUT2D eigenvalue weighted by molar-refractivity contribution is -0.137. The molecular weight excluding hydrogens is 494 g/mol. The number of amides is 1. The normalized spacial score (nSPS) is 23.9. The minimum Gasteiger partial charge on any atom is -0.497 e. The smallest absolute Gasteiger partial charge is 0.410 e. The number of sulfone groups is 1. The summed E-state index contributed by atoms with van der Waals surface area (Å²) in [6.45, 7) is 8.07. The minimum absolute atomic E-state index is 0.0278. The molecule has 37 heavy (non-hydrogen) atoms. The summed E-state index contributed by atoms with van der Waals surface area (Å²) in [5.41, 5.74) is 1.56. The van der Waals surface area contributed by atoms with E-state index in [1.165, 1.54) is 18.0 Å². The van der Waals surface area contributed by atoms with Crippen molar-refractivity contribution in [3.05, 3.63) is 42.2 Å². The van der Waals surface area contributed by atoms with E-state index in [9.17, 15) is 13.2 Å². The first kappa shape index (κ1) is 25.7. The molecule has 2 atom stereocenters. The van der Waals surface area contributed by atoms with Gasteiger partial charge in [0.25, 0.3) is 0 Å². The van der Waals surface area contributed by atoms with Crippen molar-refractivity contribution in [2.45, 2.75) is 56.3 Å². The van der Waals surface area contributed by atoms with Crippen LogP contribution in [-0.2, 0) is 21.1 Å². The Balaban J connectivity index is 1.08. The number of benzene rings is 1. The number of carbonyl (C=O) groups excluding carboxylic acids is 1. The topological polar surface area (TPSA) is 105 Å². The first-order valence-corrected chi connectivity index (χ1v) is 14.6. The second-order valence-corrected chi connectivity index (χ2v) is 12.9. The summed E-state index contributed by atoms with van der Waals surface area (Å²) in [5, 5.41) is 0. The molecule has 3 fully saturated rings. The van der Waals surface area contributed by atoms with Crippen LogP contribution in [0.1, 0.15) is 32.3 Å². The molecule has 0 radical (unpaired) electrons. The number of ether oxygens (including phenoxy) is 2. The summed E-state index contributed by atoms with van der Waals surface area (Å²) in [6.07, 6.45) is 5.34. The quantitative estimate of drug-likeness (QED) is 0.558. The number of rotatable bonds is 6. The van der Waals surface area contributed by atoms with Gasteiger partial charge in [0.15, 0.2) is 9.84 Å². The first-order chi connectivity index (χ1) is 17.5. The number of methoxy groups -OCH3 is 1. The van der Waals surface area contributed by atoms with Crippen molar-refractivity contribution in [1.82, 2.24) is 19.8 Å². The number of carbonyl (C=O) groups is 1. The Kier molecular flexibility index (Phi) is 6.78. The Morgan fingerprint density at radius 1 is 1.05 bits per heavy atom. The van der Waals surface area contributed by atoms with Crippen LogP contribution in [0.4, 0.5) is 10.7 Å². The largest absolute Gasteiger partial charge is 0.497 e. The van der Waals surface area contributed by atoms with E-state index in [2.05, 4.69) is 27.0 Å². The fourth-order valence-corrected chi connectivity index (χ4v) is 6.45. The first-order valence-electron chi connectivity index (χ1n) is 12.7. The number of hydrogen-bond donors (Lipinski definition) is 0. The van der Waals surface area contributed by atoms with Gasteiger partial charge in [-0.1, -0.05) is 12.1 Å². The molecule has 0 N–H and O–H groups in total. The van der Waals surface area contributed by atoms with Gasteiger partial charge >= 0.3 is 6.09 Å². The standard InChI is InChI=1S/C26H35N5O5S/c1-18-13-30(24-27-11-23(12-28-24)37(4,33)34)14-19(2)31(18)25(32)36-22-9-26(10-22)16-29(17-26)15-20-5-7-21(35-3)8-6-20/h5-8,11-12,18-19,22H,9-10,13-17H2,1-4H3/t18-,19+. The highest BCUT2D eigenvalue weighted by Crippen LogP contribution is 2.50. The summed E-state index contributed by atoms with van der Waals surface area (Å²) in [4.78, 5) is 27.9. The molecule has 2 aliphatic heterocycles. The van der Waals surface area contributed by atoms with E-state index >= 15 is 0 Å². The molecule has 1 aliphatic carbocycles. The Morgan fingerprint density at radius 3 is 2.19 bits per heavy atom. The van der Waals surface area contributed by atoms with Gasteiger partial charge in [0.2, 0.25) is 5.95 Å². The van der Waals surface area contributed by atoms with E-state index in [1.807, 2.05) is 35.8 Å². The number of likely N-dealkylation sites (tertiary alicyclic amines) is 1. The third-order valence-corrected chi connectivity index (χ3v) is 8.79. The van der Waals surface area contributed by atoms with Crippen LogP contribution in [0.2, 0.25) is 0 Å². The van der Waals surface area contributed by atoms with Gasteiger partial charge in [-0.2, -0.15) is 0 Å². The molecule has 200 valence electrons. The molecule has 11 heteroatoms. The van der Waals surface area contributed by atoms with Crippen molar-refractivity contribution in [3.63, 3.8) is 0 Å². The van der Waals surface area contributed by atoms with Crippen molar-refractivity contribution < 1.29 is 22.7 Å². The van der Waals surface area contributed by atoms with Crippen LogP contribution in [0.25, 0.3) is 0 Å². The zero-order chi connectivity index (χ0) is 26.4. The number of anilines is 1. The predicted octanol–water partition coefficient (Wildman–Crippen LogP) is 2.59. The van der Waals surface area contributed by atoms with Crippen LogP contribution in [0, 0.1) is 5.41 Å². The monoisotopic (exact) mass is 529 g/mol. The molecule has 0 bridgehead atoms. The molecule has 5 rings (SSSR count). The maximum absolute atomic E-state index is 13.1. The zero-order valence-corrected chi connectivity index (χ0v) is 22.6. The predicted molar refractivity (Wildman–Crippen MR) is 138 cm³/mol. The van der Waals surface area contributed by atoms with Crippen LogP contribution < -0.4 is 9.64 Å². The molecule has 3 aliphatic rings. The van der Waals surface area contributed by atoms with E-state index in [0.29, 0.717) is 19.0 Å². The minimum atomic E-state index is -3.35. The third kappa shape index (κ3) is 5.38. The van der Waals surface area contributed by atoms with Crippen LogP contribution in [-0.4, -0.2) is 92.0 Å². The van der Waals surface area contributed by atoms with Gasteiger partial charge in [0.1, 0.15) is 16.7 Å². The summed E-state index contributed by atoms with van der Waals surface area (Å²) in [7, 11) is -1.67. The fourth-order valence-electron chi connectivity index (χ4n) is 5.96. The van der Waals surface area contributed by atoms with Crippen LogP contribution in [0.5, 0.6) is 5.75 Å². The summed E-state index contributed by atoms with van der Waals surface area (Å²) in [5.74, 6) is 1.33. The molecular formula is C26H35N5O5S. The van der Waals surface area contributed by atoms with Crippen molar-refractivity contribution in [2.24, 2.45) is 5.41 Å². The Hall–Kier alpha value is -2.92. The van der Waals surface area contributed by atoms with E-state index in [4.69, 9.17) is 9.47 Å². The highest BCUT2D eigenvalue weighted by Gasteiger charge is 2.54. The van der Waals surface area contributed by atoms with Gasteiger partial charge in [-0.05, 0) is 44.4 Å². The summed E-state index contributed by atoms with van der Waals surface area (Å²) >= 11 is 0. The molecule has 0 unspecified atom stereocenters. The lowest BCUT2D eigenvalue weighted by Gasteiger charge is -2.58. The van der Waals surface area contributed by atoms with Gasteiger partial charge in [0, 0.05) is 44.4 Å². The fraction of sp³-hybridized carbons (Fsp3) is 0.577. The second kappa shape index (κ2) is 9.75. The number of aromatic nitrogens is 2. The molecule has 1 amide bonds. The number of nitrogens with zero attached hydrogens (tertiary/aromatic N) is 5. The average molecular weight is 530 g/mol. The van der Waals surface area contributed by atoms with Gasteiger partial charge in [-0.25, -0.2) is 23.2 Å². The van der Waals surface area contributed by atoms with E-state index in [0.717, 1.165) is 44.5 Å². The number of piperazine rings is 1. The Bertz CT molecular complexity index is 1210. The Labute approximate surface area is 218 Å². The van der Waals surface area contributed by atoms with Crippen LogP contribution >= 0.6 is 0 Å². The van der Waals surface area contributed by atoms with Crippen molar-refractivity contribution >= 4 is 21.9 Å². The average Bonchev–Trinajstić information content (AvgIpc) is 2.81. The molecule has 1 aromatic carbocycles. The third-order valence-electron chi connectivity index (χ3n) is 7.73. The van der Waals surface area contributed by atoms with E-state index in [1.54, 1.807) is 7.11 Å². The maximum Gasteiger partial charge on any atom is 0.410 e. The van der Waals surface area contributed by atoms with Gasteiger partial charge in [-0.3, -0.25) is 9.80 Å². The van der Waals surface area contributed by atoms with Crippen molar-refractivity contribution in [1.29, 1.82) is 0 Å². The van der Waals surface area contributed by atoms with E-state index in [-0.39, 0.29) is 34.6 Å². The Morgan fingerprint density at radius 2 is 1.65 bits per heavy atom. The summed E-state index contributed by atoms with van der Waals surface area (Å²) in [6, 6.07) is 8.02. The molecule has 1 saturated carbocycles. The molecule has 2 aromatic rings. The molecule has 1 spiro atoms. The highest BCUT2D eigenvalue weighted by molar-refractivity contribution is 7.90. The summed E-state index contributed by atoms with van der Waals surface area (Å²) < 4.78 is 34.5. The van der Waals surface area contributed by atoms with E-state index < -0.39 is 9.84 Å². The van der Waals surface area contributed by atoms with Gasteiger partial charge in [0.05, 0.1) is 31.6 Å². The number of hydrogen-bond acceptors (Lipinski definition) is 9. The molecule has 2 saturated heterocycles. The van der Waals surface area contributed by atoms with Gasteiger partial charge < -0.3 is 14.4 Å². The van der Waals surface area contributed by atoms with Gasteiger partial charge in [-0.15, -0.1) is 0 Å². The van der Waals surface area contributed by atoms with Crippen molar-refractivity contribution in [3.8, 4) is 5.75 Å². The maximum atomic E-state index is 13.1. The van der Waals surface area contributed by atoms with Crippen molar-refractivity contribution in [2.75, 3.05) is 44.4 Å². The highest BCUT2D eigenvalue weighted by atomic mass is 32.2. The molecule has 3 heterocycles. The van der Waals surface area contributed by atoms with Crippen LogP contribution in [0.15, 0.2) is 41.6 Å². The molecule has 10 nitrogen and oxygen atoms in total.